The lowest BCUT2D eigenvalue weighted by Crippen LogP contribution is -2.44. The number of nitrogens with one attached hydrogen (secondary N) is 1. The Kier molecular flexibility index (Phi) is 7.33. The van der Waals surface area contributed by atoms with Crippen LogP contribution in [0.1, 0.15) is 51.9 Å². The van der Waals surface area contributed by atoms with Gasteiger partial charge in [0.2, 0.25) is 0 Å². The van der Waals surface area contributed by atoms with Crippen LogP contribution in [0.5, 0.6) is 0 Å². The van der Waals surface area contributed by atoms with Crippen LogP contribution >= 0.6 is 0 Å². The molecular weight excluding hydrogens is 214 g/mol. The van der Waals surface area contributed by atoms with E-state index >= 15 is 0 Å². The molecule has 1 saturated carbocycles. The second-order valence-electron chi connectivity index (χ2n) is 5.30. The smallest absolute Gasteiger partial charge is 0.0695 e. The summed E-state index contributed by atoms with van der Waals surface area (Å²) in [6.45, 7) is 3.28. The summed E-state index contributed by atoms with van der Waals surface area (Å²) in [6, 6.07) is 1.80. The summed E-state index contributed by atoms with van der Waals surface area (Å²) in [6.07, 6.45) is 8.64. The van der Waals surface area contributed by atoms with Gasteiger partial charge in [-0.2, -0.15) is 0 Å². The molecule has 0 aromatic heterocycles. The quantitative estimate of drug-likeness (QED) is 0.524. The first-order chi connectivity index (χ1) is 7.77. The van der Waals surface area contributed by atoms with Crippen LogP contribution in [-0.2, 0) is 0 Å². The third kappa shape index (κ3) is 4.98. The SMILES string of the molecule is CCCCNC1CCC(CCC[SiH3])CC1O. The first kappa shape index (κ1) is 14.2. The minimum Gasteiger partial charge on any atom is -0.391 e. The molecule has 2 nitrogen and oxygen atoms in total. The van der Waals surface area contributed by atoms with Crippen LogP contribution in [0, 0.1) is 5.92 Å². The number of hydrogen-bond acceptors (Lipinski definition) is 2. The standard InChI is InChI=1S/C13H29NOSi/c1-2-3-8-14-12-7-6-11(5-4-9-16)10-13(12)15/h11-15H,2-10H2,1,16H3. The van der Waals surface area contributed by atoms with Crippen molar-refractivity contribution < 1.29 is 5.11 Å². The molecule has 0 bridgehead atoms. The van der Waals surface area contributed by atoms with Gasteiger partial charge in [0.15, 0.2) is 0 Å². The Balaban J connectivity index is 2.18. The fourth-order valence-corrected chi connectivity index (χ4v) is 3.10. The molecule has 1 aliphatic carbocycles. The third-order valence-electron chi connectivity index (χ3n) is 3.83. The van der Waals surface area contributed by atoms with Crippen molar-refractivity contribution in [3.8, 4) is 0 Å². The maximum Gasteiger partial charge on any atom is 0.0695 e. The maximum atomic E-state index is 10.1. The number of aliphatic hydroxyl groups is 1. The van der Waals surface area contributed by atoms with Crippen LogP contribution in [0.3, 0.4) is 0 Å². The van der Waals surface area contributed by atoms with E-state index in [1.54, 1.807) is 0 Å². The van der Waals surface area contributed by atoms with Crippen molar-refractivity contribution in [2.75, 3.05) is 6.54 Å². The van der Waals surface area contributed by atoms with Gasteiger partial charge in [-0.1, -0.05) is 32.2 Å². The zero-order valence-electron chi connectivity index (χ0n) is 11.0. The van der Waals surface area contributed by atoms with Crippen LogP contribution in [0.25, 0.3) is 0 Å². The van der Waals surface area contributed by atoms with Crippen LogP contribution in [0.2, 0.25) is 6.04 Å². The van der Waals surface area contributed by atoms with Gasteiger partial charge in [0.05, 0.1) is 6.10 Å². The summed E-state index contributed by atoms with van der Waals surface area (Å²) in [5.41, 5.74) is 0. The molecule has 3 unspecified atom stereocenters. The second kappa shape index (κ2) is 8.26. The number of unbranched alkanes of at least 4 members (excludes halogenated alkanes) is 1. The molecule has 0 amide bonds. The summed E-state index contributed by atoms with van der Waals surface area (Å²) < 4.78 is 0. The molecule has 1 rings (SSSR count). The van der Waals surface area contributed by atoms with Gasteiger partial charge in [-0.05, 0) is 38.1 Å². The first-order valence-electron chi connectivity index (χ1n) is 7.19. The summed E-state index contributed by atoms with van der Waals surface area (Å²) in [4.78, 5) is 0. The van der Waals surface area contributed by atoms with E-state index in [0.717, 1.165) is 18.9 Å². The fraction of sp³-hybridized carbons (Fsp3) is 1.00. The van der Waals surface area contributed by atoms with Crippen LogP contribution in [0.15, 0.2) is 0 Å². The molecule has 96 valence electrons. The second-order valence-corrected chi connectivity index (χ2v) is 6.30. The van der Waals surface area contributed by atoms with Gasteiger partial charge in [-0.3, -0.25) is 0 Å². The molecule has 1 fully saturated rings. The highest BCUT2D eigenvalue weighted by Crippen LogP contribution is 2.28. The minimum absolute atomic E-state index is 0.0929. The summed E-state index contributed by atoms with van der Waals surface area (Å²) in [5, 5.41) is 13.6. The lowest BCUT2D eigenvalue weighted by molar-refractivity contribution is 0.0629. The van der Waals surface area contributed by atoms with E-state index < -0.39 is 0 Å². The van der Waals surface area contributed by atoms with Crippen molar-refractivity contribution in [3.63, 3.8) is 0 Å². The topological polar surface area (TPSA) is 32.3 Å². The van der Waals surface area contributed by atoms with E-state index in [0.29, 0.717) is 6.04 Å². The highest BCUT2D eigenvalue weighted by molar-refractivity contribution is 6.08. The largest absolute Gasteiger partial charge is 0.391 e. The molecule has 0 aromatic carbocycles. The zero-order chi connectivity index (χ0) is 11.8. The molecule has 16 heavy (non-hydrogen) atoms. The monoisotopic (exact) mass is 243 g/mol. The van der Waals surface area contributed by atoms with Crippen LogP contribution in [-0.4, -0.2) is 34.0 Å². The lowest BCUT2D eigenvalue weighted by atomic mass is 9.81. The molecule has 2 N–H and O–H groups in total. The molecule has 0 radical (unpaired) electrons. The van der Waals surface area contributed by atoms with E-state index in [2.05, 4.69) is 12.2 Å². The Labute approximate surface area is 104 Å². The van der Waals surface area contributed by atoms with Gasteiger partial charge >= 0.3 is 0 Å². The van der Waals surface area contributed by atoms with E-state index in [1.165, 1.54) is 54.8 Å². The average molecular weight is 243 g/mol. The maximum absolute atomic E-state index is 10.1. The normalized spacial score (nSPS) is 30.8. The zero-order valence-corrected chi connectivity index (χ0v) is 13.0. The van der Waals surface area contributed by atoms with Crippen molar-refractivity contribution in [3.05, 3.63) is 0 Å². The molecule has 1 aliphatic rings. The number of rotatable bonds is 7. The van der Waals surface area contributed by atoms with E-state index in [1.807, 2.05) is 0 Å². The van der Waals surface area contributed by atoms with Gasteiger partial charge in [-0.15, -0.1) is 0 Å². The Morgan fingerprint density at radius 2 is 2.12 bits per heavy atom. The number of hydrogen-bond donors (Lipinski definition) is 2. The Bertz CT molecular complexity index is 177. The molecule has 0 aromatic rings. The lowest BCUT2D eigenvalue weighted by Gasteiger charge is -2.33. The molecule has 0 heterocycles. The van der Waals surface area contributed by atoms with E-state index in [9.17, 15) is 5.11 Å². The van der Waals surface area contributed by atoms with E-state index in [-0.39, 0.29) is 6.10 Å². The fourth-order valence-electron chi connectivity index (χ4n) is 2.69. The Morgan fingerprint density at radius 1 is 1.31 bits per heavy atom. The first-order valence-corrected chi connectivity index (χ1v) is 8.60. The third-order valence-corrected chi connectivity index (χ3v) is 4.54. The summed E-state index contributed by atoms with van der Waals surface area (Å²) in [5.74, 6) is 0.799. The molecule has 0 aliphatic heterocycles. The van der Waals surface area contributed by atoms with Crippen molar-refractivity contribution in [2.24, 2.45) is 5.92 Å². The van der Waals surface area contributed by atoms with Gasteiger partial charge < -0.3 is 10.4 Å². The van der Waals surface area contributed by atoms with Crippen LogP contribution < -0.4 is 5.32 Å². The predicted molar refractivity (Wildman–Crippen MR) is 74.0 cm³/mol. The predicted octanol–water partition coefficient (Wildman–Crippen LogP) is 1.47. The van der Waals surface area contributed by atoms with Crippen molar-refractivity contribution in [2.45, 2.75) is 70.1 Å². The highest BCUT2D eigenvalue weighted by Gasteiger charge is 2.27. The average Bonchev–Trinajstić information content (AvgIpc) is 2.29. The van der Waals surface area contributed by atoms with Gasteiger partial charge in [0, 0.05) is 16.3 Å². The van der Waals surface area contributed by atoms with E-state index in [4.69, 9.17) is 0 Å². The van der Waals surface area contributed by atoms with Crippen molar-refractivity contribution in [1.29, 1.82) is 0 Å². The molecule has 0 spiro atoms. The molecule has 3 atom stereocenters. The summed E-state index contributed by atoms with van der Waals surface area (Å²) >= 11 is 0. The summed E-state index contributed by atoms with van der Waals surface area (Å²) in [7, 11) is 1.34. The Morgan fingerprint density at radius 3 is 2.75 bits per heavy atom. The van der Waals surface area contributed by atoms with Gasteiger partial charge in [-0.25, -0.2) is 0 Å². The molecule has 0 saturated heterocycles. The number of aliphatic hydroxyl groups excluding tert-OH is 1. The Hall–Kier alpha value is 0.137. The highest BCUT2D eigenvalue weighted by atomic mass is 28.1. The molecule has 3 heteroatoms. The molecular formula is C13H29NOSi. The minimum atomic E-state index is -0.0929. The van der Waals surface area contributed by atoms with Crippen LogP contribution in [0.4, 0.5) is 0 Å². The van der Waals surface area contributed by atoms with Crippen molar-refractivity contribution >= 4 is 10.2 Å². The van der Waals surface area contributed by atoms with Gasteiger partial charge in [0.25, 0.3) is 0 Å². The van der Waals surface area contributed by atoms with Gasteiger partial charge in [0.1, 0.15) is 0 Å². The van der Waals surface area contributed by atoms with Crippen molar-refractivity contribution in [1.82, 2.24) is 5.32 Å².